The van der Waals surface area contributed by atoms with Crippen LogP contribution in [-0.4, -0.2) is 23.3 Å². The molecule has 0 atom stereocenters. The van der Waals surface area contributed by atoms with Crippen molar-refractivity contribution in [3.63, 3.8) is 0 Å². The number of carbonyl (C=O) groups is 2. The van der Waals surface area contributed by atoms with E-state index in [-0.39, 0.29) is 24.2 Å². The first-order valence-electron chi connectivity index (χ1n) is 8.52. The number of hydrogen-bond donors (Lipinski definition) is 1. The van der Waals surface area contributed by atoms with E-state index >= 15 is 0 Å². The molecule has 0 spiro atoms. The Hall–Kier alpha value is -3.67. The van der Waals surface area contributed by atoms with Crippen LogP contribution in [0.15, 0.2) is 66.9 Å². The van der Waals surface area contributed by atoms with E-state index in [9.17, 15) is 9.59 Å². The maximum absolute atomic E-state index is 13.1. The average molecular weight is 359 g/mol. The van der Waals surface area contributed by atoms with Crippen molar-refractivity contribution < 1.29 is 14.3 Å². The number of aromatic nitrogens is 1. The Labute approximate surface area is 156 Å². The molecule has 2 amide bonds. The Morgan fingerprint density at radius 1 is 1.07 bits per heavy atom. The van der Waals surface area contributed by atoms with Gasteiger partial charge in [0.05, 0.1) is 5.69 Å². The van der Waals surface area contributed by atoms with Gasteiger partial charge in [0.2, 0.25) is 11.8 Å². The highest BCUT2D eigenvalue weighted by atomic mass is 16.5. The van der Waals surface area contributed by atoms with E-state index in [1.54, 1.807) is 36.5 Å². The second-order valence-electron chi connectivity index (χ2n) is 6.23. The number of benzene rings is 2. The van der Waals surface area contributed by atoms with Crippen LogP contribution in [0.25, 0.3) is 0 Å². The molecule has 27 heavy (non-hydrogen) atoms. The predicted octanol–water partition coefficient (Wildman–Crippen LogP) is 3.78. The van der Waals surface area contributed by atoms with Gasteiger partial charge in [-0.2, -0.15) is 0 Å². The van der Waals surface area contributed by atoms with Gasteiger partial charge in [-0.25, -0.2) is 4.98 Å². The molecular formula is C21H17N3O3. The topological polar surface area (TPSA) is 71.5 Å². The van der Waals surface area contributed by atoms with Crippen LogP contribution in [0.3, 0.4) is 0 Å². The average Bonchev–Trinajstić information content (AvgIpc) is 2.79. The van der Waals surface area contributed by atoms with Crippen molar-refractivity contribution in [2.45, 2.75) is 6.92 Å². The van der Waals surface area contributed by atoms with Crippen LogP contribution in [0, 0.1) is 6.92 Å². The zero-order valence-electron chi connectivity index (χ0n) is 14.7. The summed E-state index contributed by atoms with van der Waals surface area (Å²) in [7, 11) is 0. The Morgan fingerprint density at radius 3 is 2.67 bits per heavy atom. The standard InChI is InChI=1S/C21H17N3O3/c1-14-8-10-15(11-9-14)23-19(25)13-24-17-6-2-3-7-18(17)27-20-16(21(24)26)5-4-12-22-20/h2-12H,13H2,1H3,(H,23,25). The summed E-state index contributed by atoms with van der Waals surface area (Å²) in [6.45, 7) is 1.84. The number of nitrogens with zero attached hydrogens (tertiary/aromatic N) is 2. The largest absolute Gasteiger partial charge is 0.436 e. The monoisotopic (exact) mass is 359 g/mol. The molecule has 134 valence electrons. The number of nitrogens with one attached hydrogen (secondary N) is 1. The van der Waals surface area contributed by atoms with E-state index in [4.69, 9.17) is 4.74 Å². The smallest absolute Gasteiger partial charge is 0.264 e. The molecule has 1 aliphatic rings. The van der Waals surface area contributed by atoms with Crippen LogP contribution in [0.5, 0.6) is 11.6 Å². The number of anilines is 2. The van der Waals surface area contributed by atoms with Crippen molar-refractivity contribution in [1.82, 2.24) is 4.98 Å². The van der Waals surface area contributed by atoms with Crippen molar-refractivity contribution in [3.8, 4) is 11.6 Å². The lowest BCUT2D eigenvalue weighted by Crippen LogP contribution is -2.37. The summed E-state index contributed by atoms with van der Waals surface area (Å²) in [5.74, 6) is 0.0827. The molecule has 1 N–H and O–H groups in total. The zero-order valence-corrected chi connectivity index (χ0v) is 14.7. The Morgan fingerprint density at radius 2 is 1.85 bits per heavy atom. The molecule has 0 saturated heterocycles. The minimum absolute atomic E-state index is 0.137. The minimum atomic E-state index is -0.331. The molecule has 6 nitrogen and oxygen atoms in total. The molecule has 0 aliphatic carbocycles. The summed E-state index contributed by atoms with van der Waals surface area (Å²) in [4.78, 5) is 31.2. The summed E-state index contributed by atoms with van der Waals surface area (Å²) in [6.07, 6.45) is 1.56. The zero-order chi connectivity index (χ0) is 18.8. The van der Waals surface area contributed by atoms with Gasteiger partial charge >= 0.3 is 0 Å². The molecule has 0 saturated carbocycles. The van der Waals surface area contributed by atoms with E-state index < -0.39 is 0 Å². The second-order valence-corrected chi connectivity index (χ2v) is 6.23. The van der Waals surface area contributed by atoms with Crippen molar-refractivity contribution >= 4 is 23.2 Å². The molecule has 4 rings (SSSR count). The summed E-state index contributed by atoms with van der Waals surface area (Å²) in [5.41, 5.74) is 2.63. The normalized spacial score (nSPS) is 12.5. The van der Waals surface area contributed by atoms with Gasteiger partial charge in [0.15, 0.2) is 5.75 Å². The fourth-order valence-electron chi connectivity index (χ4n) is 2.90. The van der Waals surface area contributed by atoms with Gasteiger partial charge in [-0.15, -0.1) is 0 Å². The van der Waals surface area contributed by atoms with E-state index in [0.29, 0.717) is 22.7 Å². The quantitative estimate of drug-likeness (QED) is 0.772. The van der Waals surface area contributed by atoms with E-state index in [1.165, 1.54) is 4.90 Å². The third-order valence-electron chi connectivity index (χ3n) is 4.25. The van der Waals surface area contributed by atoms with Gasteiger partial charge in [0.25, 0.3) is 5.91 Å². The van der Waals surface area contributed by atoms with Gasteiger partial charge in [-0.05, 0) is 43.3 Å². The number of ether oxygens (including phenoxy) is 1. The molecule has 6 heteroatoms. The first-order chi connectivity index (χ1) is 13.1. The first-order valence-corrected chi connectivity index (χ1v) is 8.52. The van der Waals surface area contributed by atoms with Gasteiger partial charge < -0.3 is 10.1 Å². The highest BCUT2D eigenvalue weighted by molar-refractivity contribution is 6.12. The molecule has 0 radical (unpaired) electrons. The van der Waals surface area contributed by atoms with Gasteiger partial charge in [-0.3, -0.25) is 14.5 Å². The van der Waals surface area contributed by atoms with Crippen molar-refractivity contribution in [3.05, 3.63) is 78.0 Å². The van der Waals surface area contributed by atoms with Crippen LogP contribution in [0.4, 0.5) is 11.4 Å². The molecule has 1 aliphatic heterocycles. The van der Waals surface area contributed by atoms with Gasteiger partial charge in [-0.1, -0.05) is 29.8 Å². The fourth-order valence-corrected chi connectivity index (χ4v) is 2.90. The maximum atomic E-state index is 13.1. The minimum Gasteiger partial charge on any atom is -0.436 e. The van der Waals surface area contributed by atoms with E-state index in [1.807, 2.05) is 37.3 Å². The number of amides is 2. The maximum Gasteiger partial charge on any atom is 0.264 e. The van der Waals surface area contributed by atoms with Crippen LogP contribution < -0.4 is 15.0 Å². The molecule has 2 aromatic carbocycles. The Balaban J connectivity index is 1.65. The number of aryl methyl sites for hydroxylation is 1. The number of carbonyl (C=O) groups excluding carboxylic acids is 2. The molecule has 0 bridgehead atoms. The van der Waals surface area contributed by atoms with Gasteiger partial charge in [0.1, 0.15) is 12.1 Å². The summed E-state index contributed by atoms with van der Waals surface area (Å²) in [5, 5.41) is 2.82. The highest BCUT2D eigenvalue weighted by Gasteiger charge is 2.30. The van der Waals surface area contributed by atoms with Crippen LogP contribution in [0.2, 0.25) is 0 Å². The van der Waals surface area contributed by atoms with Gasteiger partial charge in [0, 0.05) is 11.9 Å². The number of pyridine rings is 1. The molecule has 0 fully saturated rings. The molecule has 3 aromatic rings. The third kappa shape index (κ3) is 3.37. The van der Waals surface area contributed by atoms with Crippen molar-refractivity contribution in [2.75, 3.05) is 16.8 Å². The lowest BCUT2D eigenvalue weighted by molar-refractivity contribution is -0.114. The number of hydrogen-bond acceptors (Lipinski definition) is 4. The number of fused-ring (bicyclic) bond motifs is 2. The summed E-state index contributed by atoms with van der Waals surface area (Å²) >= 11 is 0. The lowest BCUT2D eigenvalue weighted by Gasteiger charge is -2.21. The van der Waals surface area contributed by atoms with Crippen molar-refractivity contribution in [2.24, 2.45) is 0 Å². The summed E-state index contributed by atoms with van der Waals surface area (Å²) < 4.78 is 5.81. The Bertz CT molecular complexity index is 1020. The van der Waals surface area contributed by atoms with E-state index in [0.717, 1.165) is 5.56 Å². The Kier molecular flexibility index (Phi) is 4.30. The molecule has 1 aromatic heterocycles. The van der Waals surface area contributed by atoms with Crippen LogP contribution in [0.1, 0.15) is 15.9 Å². The van der Waals surface area contributed by atoms with E-state index in [2.05, 4.69) is 10.3 Å². The second kappa shape index (κ2) is 6.92. The van der Waals surface area contributed by atoms with Crippen LogP contribution >= 0.6 is 0 Å². The number of rotatable bonds is 3. The predicted molar refractivity (Wildman–Crippen MR) is 102 cm³/mol. The lowest BCUT2D eigenvalue weighted by atomic mass is 10.2. The molecular weight excluding hydrogens is 342 g/mol. The SMILES string of the molecule is Cc1ccc(NC(=O)CN2C(=O)c3cccnc3Oc3ccccc32)cc1. The molecule has 2 heterocycles. The van der Waals surface area contributed by atoms with Crippen LogP contribution in [-0.2, 0) is 4.79 Å². The summed E-state index contributed by atoms with van der Waals surface area (Å²) in [6, 6.07) is 17.9. The first kappa shape index (κ1) is 16.8. The third-order valence-corrected chi connectivity index (χ3v) is 4.25. The fraction of sp³-hybridized carbons (Fsp3) is 0.0952. The molecule has 0 unspecified atom stereocenters. The number of para-hydroxylation sites is 2. The van der Waals surface area contributed by atoms with Crippen molar-refractivity contribution in [1.29, 1.82) is 0 Å². The highest BCUT2D eigenvalue weighted by Crippen LogP contribution is 2.37.